The van der Waals surface area contributed by atoms with Crippen LogP contribution in [0, 0.1) is 17.2 Å². The Labute approximate surface area is 209 Å². The molecule has 0 spiro atoms. The molecule has 9 nitrogen and oxygen atoms in total. The summed E-state index contributed by atoms with van der Waals surface area (Å²) in [5, 5.41) is 18.0. The zero-order valence-corrected chi connectivity index (χ0v) is 20.5. The topological polar surface area (TPSA) is 112 Å². The average molecular weight is 484 g/mol. The van der Waals surface area contributed by atoms with E-state index in [9.17, 15) is 10.1 Å². The van der Waals surface area contributed by atoms with Crippen LogP contribution in [0.4, 0.5) is 5.69 Å². The molecule has 0 saturated carbocycles. The fourth-order valence-electron chi connectivity index (χ4n) is 4.29. The van der Waals surface area contributed by atoms with Crippen LogP contribution in [0.2, 0.25) is 0 Å². The third-order valence-corrected chi connectivity index (χ3v) is 6.48. The van der Waals surface area contributed by atoms with Crippen LogP contribution in [-0.4, -0.2) is 63.4 Å². The highest BCUT2D eigenvalue weighted by Crippen LogP contribution is 2.33. The maximum absolute atomic E-state index is 12.1. The van der Waals surface area contributed by atoms with Gasteiger partial charge in [-0.2, -0.15) is 10.4 Å². The number of benzene rings is 1. The molecule has 0 atom stereocenters. The number of hydrogen-bond donors (Lipinski definition) is 2. The number of rotatable bonds is 7. The molecule has 5 rings (SSSR count). The summed E-state index contributed by atoms with van der Waals surface area (Å²) < 4.78 is 7.39. The minimum atomic E-state index is -0.168. The van der Waals surface area contributed by atoms with Crippen LogP contribution in [0.3, 0.4) is 0 Å². The first-order chi connectivity index (χ1) is 17.5. The SMILES string of the molecule is CC(C)C(=O)Nc1ccc(-c2c[nH]c3ncc(-c4cnn(CCN5CCOCC5)c4)cc23)cc1C#N. The number of carbonyl (C=O) groups is 1. The number of nitriles is 1. The Morgan fingerprint density at radius 1 is 1.17 bits per heavy atom. The monoisotopic (exact) mass is 483 g/mol. The molecule has 0 radical (unpaired) electrons. The van der Waals surface area contributed by atoms with Gasteiger partial charge in [0.05, 0.1) is 37.2 Å². The second-order valence-electron chi connectivity index (χ2n) is 9.28. The summed E-state index contributed by atoms with van der Waals surface area (Å²) in [6, 6.07) is 9.79. The number of aromatic amines is 1. The van der Waals surface area contributed by atoms with Crippen molar-refractivity contribution >= 4 is 22.6 Å². The second-order valence-corrected chi connectivity index (χ2v) is 9.28. The number of amides is 1. The molecule has 3 aromatic heterocycles. The van der Waals surface area contributed by atoms with Crippen LogP contribution in [0.15, 0.2) is 49.1 Å². The Morgan fingerprint density at radius 3 is 2.78 bits per heavy atom. The van der Waals surface area contributed by atoms with Gasteiger partial charge in [-0.05, 0) is 23.8 Å². The smallest absolute Gasteiger partial charge is 0.226 e. The van der Waals surface area contributed by atoms with Crippen molar-refractivity contribution in [3.05, 3.63) is 54.6 Å². The summed E-state index contributed by atoms with van der Waals surface area (Å²) in [4.78, 5) is 22.3. The molecule has 0 aliphatic carbocycles. The van der Waals surface area contributed by atoms with Gasteiger partial charge in [-0.1, -0.05) is 19.9 Å². The average Bonchev–Trinajstić information content (AvgIpc) is 3.55. The number of pyridine rings is 1. The number of morpholine rings is 1. The second kappa shape index (κ2) is 10.3. The van der Waals surface area contributed by atoms with Gasteiger partial charge in [-0.15, -0.1) is 0 Å². The summed E-state index contributed by atoms with van der Waals surface area (Å²) in [6.45, 7) is 8.91. The van der Waals surface area contributed by atoms with E-state index in [4.69, 9.17) is 4.74 Å². The zero-order chi connectivity index (χ0) is 25.1. The minimum absolute atomic E-state index is 0.120. The third kappa shape index (κ3) is 5.00. The number of nitrogens with one attached hydrogen (secondary N) is 2. The van der Waals surface area contributed by atoms with E-state index in [0.717, 1.165) is 72.7 Å². The van der Waals surface area contributed by atoms with E-state index in [2.05, 4.69) is 43.6 Å². The lowest BCUT2D eigenvalue weighted by Gasteiger charge is -2.26. The van der Waals surface area contributed by atoms with Crippen LogP contribution in [0.5, 0.6) is 0 Å². The van der Waals surface area contributed by atoms with Crippen molar-refractivity contribution in [1.82, 2.24) is 24.6 Å². The molecule has 36 heavy (non-hydrogen) atoms. The Kier molecular flexibility index (Phi) is 6.80. The summed E-state index contributed by atoms with van der Waals surface area (Å²) in [5.41, 5.74) is 5.50. The standard InChI is InChI=1S/C27H29N7O2/c1-18(2)27(35)32-25-4-3-19(11-20(25)13-28)24-16-30-26-23(24)12-21(14-29-26)22-15-31-34(17-22)6-5-33-7-9-36-10-8-33/h3-4,11-12,14-18H,5-10H2,1-2H3,(H,29,30)(H,32,35). The molecule has 1 saturated heterocycles. The molecule has 0 unspecified atom stereocenters. The van der Waals surface area contributed by atoms with Gasteiger partial charge in [0.25, 0.3) is 0 Å². The first-order valence-electron chi connectivity index (χ1n) is 12.2. The van der Waals surface area contributed by atoms with Crippen molar-refractivity contribution < 1.29 is 9.53 Å². The van der Waals surface area contributed by atoms with E-state index < -0.39 is 0 Å². The lowest BCUT2D eigenvalue weighted by atomic mass is 10.0. The number of aromatic nitrogens is 4. The van der Waals surface area contributed by atoms with E-state index in [-0.39, 0.29) is 11.8 Å². The molecule has 1 aliphatic heterocycles. The lowest BCUT2D eigenvalue weighted by molar-refractivity contribution is -0.118. The predicted octanol–water partition coefficient (Wildman–Crippen LogP) is 3.89. The molecular weight excluding hydrogens is 454 g/mol. The summed E-state index contributed by atoms with van der Waals surface area (Å²) >= 11 is 0. The van der Waals surface area contributed by atoms with Crippen LogP contribution >= 0.6 is 0 Å². The summed E-state index contributed by atoms with van der Waals surface area (Å²) in [6.07, 6.45) is 7.66. The van der Waals surface area contributed by atoms with Crippen molar-refractivity contribution in [3.8, 4) is 28.3 Å². The van der Waals surface area contributed by atoms with E-state index in [1.807, 2.05) is 43.2 Å². The quantitative estimate of drug-likeness (QED) is 0.412. The van der Waals surface area contributed by atoms with Crippen LogP contribution in [0.1, 0.15) is 19.4 Å². The van der Waals surface area contributed by atoms with Gasteiger partial charge in [-0.3, -0.25) is 14.4 Å². The largest absolute Gasteiger partial charge is 0.379 e. The number of hydrogen-bond acceptors (Lipinski definition) is 6. The van der Waals surface area contributed by atoms with Crippen LogP contribution in [-0.2, 0) is 16.1 Å². The van der Waals surface area contributed by atoms with Gasteiger partial charge in [-0.25, -0.2) is 4.98 Å². The normalized spacial score (nSPS) is 14.3. The molecule has 0 bridgehead atoms. The Bertz CT molecular complexity index is 1420. The lowest BCUT2D eigenvalue weighted by Crippen LogP contribution is -2.38. The van der Waals surface area contributed by atoms with Crippen LogP contribution < -0.4 is 5.32 Å². The highest BCUT2D eigenvalue weighted by atomic mass is 16.5. The molecule has 9 heteroatoms. The number of fused-ring (bicyclic) bond motifs is 1. The maximum atomic E-state index is 12.1. The molecule has 1 fully saturated rings. The molecule has 2 N–H and O–H groups in total. The number of H-pyrrole nitrogens is 1. The van der Waals surface area contributed by atoms with Gasteiger partial charge < -0.3 is 15.0 Å². The highest BCUT2D eigenvalue weighted by molar-refractivity contribution is 5.97. The van der Waals surface area contributed by atoms with Crippen molar-refractivity contribution in [3.63, 3.8) is 0 Å². The number of nitrogens with zero attached hydrogens (tertiary/aromatic N) is 5. The molecular formula is C27H29N7O2. The fourth-order valence-corrected chi connectivity index (χ4v) is 4.29. The summed E-state index contributed by atoms with van der Waals surface area (Å²) in [7, 11) is 0. The molecule has 1 amide bonds. The Balaban J connectivity index is 1.39. The Morgan fingerprint density at radius 2 is 2.00 bits per heavy atom. The van der Waals surface area contributed by atoms with Crippen molar-refractivity contribution in [2.75, 3.05) is 38.2 Å². The molecule has 4 aromatic rings. The summed E-state index contributed by atoms with van der Waals surface area (Å²) in [5.74, 6) is -0.288. The van der Waals surface area contributed by atoms with Gasteiger partial charge in [0.1, 0.15) is 11.7 Å². The van der Waals surface area contributed by atoms with Gasteiger partial charge in [0.2, 0.25) is 5.91 Å². The number of anilines is 1. The fraction of sp³-hybridized carbons (Fsp3) is 0.333. The predicted molar refractivity (Wildman–Crippen MR) is 138 cm³/mol. The van der Waals surface area contributed by atoms with Crippen molar-refractivity contribution in [2.24, 2.45) is 5.92 Å². The minimum Gasteiger partial charge on any atom is -0.379 e. The van der Waals surface area contributed by atoms with E-state index in [1.165, 1.54) is 0 Å². The number of carbonyl (C=O) groups excluding carboxylic acids is 1. The zero-order valence-electron chi connectivity index (χ0n) is 20.5. The van der Waals surface area contributed by atoms with E-state index >= 15 is 0 Å². The third-order valence-electron chi connectivity index (χ3n) is 6.48. The van der Waals surface area contributed by atoms with Crippen molar-refractivity contribution in [1.29, 1.82) is 5.26 Å². The Hall–Kier alpha value is -4.00. The first kappa shape index (κ1) is 23.7. The van der Waals surface area contributed by atoms with Crippen molar-refractivity contribution in [2.45, 2.75) is 20.4 Å². The van der Waals surface area contributed by atoms with E-state index in [0.29, 0.717) is 11.3 Å². The number of ether oxygens (including phenoxy) is 1. The maximum Gasteiger partial charge on any atom is 0.226 e. The van der Waals surface area contributed by atoms with Crippen LogP contribution in [0.25, 0.3) is 33.3 Å². The molecule has 1 aliphatic rings. The molecule has 1 aromatic carbocycles. The van der Waals surface area contributed by atoms with Gasteiger partial charge in [0, 0.05) is 66.2 Å². The molecule has 184 valence electrons. The van der Waals surface area contributed by atoms with Gasteiger partial charge >= 0.3 is 0 Å². The van der Waals surface area contributed by atoms with E-state index in [1.54, 1.807) is 12.1 Å². The molecule has 4 heterocycles. The first-order valence-corrected chi connectivity index (χ1v) is 12.2. The van der Waals surface area contributed by atoms with Gasteiger partial charge in [0.15, 0.2) is 0 Å². The highest BCUT2D eigenvalue weighted by Gasteiger charge is 2.15.